The van der Waals surface area contributed by atoms with Crippen LogP contribution in [0.4, 0.5) is 13.2 Å². The van der Waals surface area contributed by atoms with Crippen molar-refractivity contribution in [1.82, 2.24) is 9.80 Å². The lowest BCUT2D eigenvalue weighted by molar-refractivity contribution is -0.138. The van der Waals surface area contributed by atoms with Crippen molar-refractivity contribution >= 4 is 11.8 Å². The molecule has 138 valence electrons. The van der Waals surface area contributed by atoms with Gasteiger partial charge >= 0.3 is 6.18 Å². The normalized spacial score (nSPS) is 15.6. The fourth-order valence-electron chi connectivity index (χ4n) is 3.01. The Labute approximate surface area is 145 Å². The zero-order chi connectivity index (χ0) is 18.6. The summed E-state index contributed by atoms with van der Waals surface area (Å²) in [6.45, 7) is 5.67. The molecule has 0 unspecified atom stereocenters. The average Bonchev–Trinajstić information content (AvgIpc) is 2.61. The van der Waals surface area contributed by atoms with Crippen LogP contribution in [-0.2, 0) is 11.0 Å². The van der Waals surface area contributed by atoms with Crippen LogP contribution >= 0.6 is 0 Å². The van der Waals surface area contributed by atoms with Crippen LogP contribution in [0.25, 0.3) is 0 Å². The Morgan fingerprint density at radius 1 is 0.960 bits per heavy atom. The largest absolute Gasteiger partial charge is 0.416 e. The topological polar surface area (TPSA) is 40.6 Å². The van der Waals surface area contributed by atoms with Crippen molar-refractivity contribution < 1.29 is 22.8 Å². The first-order valence-electron chi connectivity index (χ1n) is 8.53. The summed E-state index contributed by atoms with van der Waals surface area (Å²) in [7, 11) is 0. The number of hydrogen-bond acceptors (Lipinski definition) is 2. The lowest BCUT2D eigenvalue weighted by Crippen LogP contribution is -2.51. The molecule has 1 aromatic carbocycles. The number of carbonyl (C=O) groups excluding carboxylic acids is 2. The first-order valence-corrected chi connectivity index (χ1v) is 8.53. The fourth-order valence-corrected chi connectivity index (χ4v) is 3.01. The predicted molar refractivity (Wildman–Crippen MR) is 88.0 cm³/mol. The minimum Gasteiger partial charge on any atom is -0.339 e. The molecule has 0 bridgehead atoms. The van der Waals surface area contributed by atoms with Gasteiger partial charge in [0.25, 0.3) is 5.91 Å². The number of halogens is 3. The molecule has 25 heavy (non-hydrogen) atoms. The number of rotatable bonds is 4. The molecular formula is C18H23F3N2O2. The van der Waals surface area contributed by atoms with E-state index >= 15 is 0 Å². The zero-order valence-corrected chi connectivity index (χ0v) is 14.5. The molecule has 1 fully saturated rings. The number of piperazine rings is 1. The number of nitrogens with zero attached hydrogens (tertiary/aromatic N) is 2. The number of benzene rings is 1. The number of hydrogen-bond donors (Lipinski definition) is 0. The van der Waals surface area contributed by atoms with Crippen molar-refractivity contribution in [2.24, 2.45) is 5.92 Å². The molecule has 1 aliphatic heterocycles. The van der Waals surface area contributed by atoms with E-state index in [0.717, 1.165) is 25.0 Å². The van der Waals surface area contributed by atoms with Crippen molar-refractivity contribution in [2.45, 2.75) is 32.9 Å². The van der Waals surface area contributed by atoms with Gasteiger partial charge in [-0.05, 0) is 37.1 Å². The summed E-state index contributed by atoms with van der Waals surface area (Å²) in [6.07, 6.45) is -2.83. The summed E-state index contributed by atoms with van der Waals surface area (Å²) in [6, 6.07) is 4.24. The van der Waals surface area contributed by atoms with Crippen LogP contribution in [0.15, 0.2) is 24.3 Å². The smallest absolute Gasteiger partial charge is 0.339 e. The Hall–Kier alpha value is -2.05. The SMILES string of the molecule is CCC(CC)C(=O)N1CCN(C(=O)c2ccc(C(F)(F)F)cc2)CC1. The Balaban J connectivity index is 1.96. The van der Waals surface area contributed by atoms with Crippen molar-refractivity contribution in [3.05, 3.63) is 35.4 Å². The quantitative estimate of drug-likeness (QED) is 0.829. The molecule has 0 saturated carbocycles. The summed E-state index contributed by atoms with van der Waals surface area (Å²) < 4.78 is 37.8. The van der Waals surface area contributed by atoms with Crippen LogP contribution in [0.2, 0.25) is 0 Å². The fraction of sp³-hybridized carbons (Fsp3) is 0.556. The molecule has 1 saturated heterocycles. The number of alkyl halides is 3. The van der Waals surface area contributed by atoms with Crippen LogP contribution < -0.4 is 0 Å². The number of amides is 2. The second-order valence-electron chi connectivity index (χ2n) is 6.21. The van der Waals surface area contributed by atoms with Crippen molar-refractivity contribution in [3.8, 4) is 0 Å². The van der Waals surface area contributed by atoms with E-state index in [9.17, 15) is 22.8 Å². The van der Waals surface area contributed by atoms with Gasteiger partial charge in [-0.15, -0.1) is 0 Å². The molecule has 0 spiro atoms. The van der Waals surface area contributed by atoms with E-state index in [-0.39, 0.29) is 23.3 Å². The van der Waals surface area contributed by atoms with Crippen LogP contribution in [-0.4, -0.2) is 47.8 Å². The molecule has 0 radical (unpaired) electrons. The summed E-state index contributed by atoms with van der Waals surface area (Å²) in [5, 5.41) is 0. The molecule has 2 amide bonds. The van der Waals surface area contributed by atoms with Crippen LogP contribution in [0, 0.1) is 5.92 Å². The molecule has 1 aliphatic rings. The highest BCUT2D eigenvalue weighted by Gasteiger charge is 2.31. The van der Waals surface area contributed by atoms with Gasteiger partial charge in [-0.3, -0.25) is 9.59 Å². The summed E-state index contributed by atoms with van der Waals surface area (Å²) in [5.74, 6) is -0.174. The maximum absolute atomic E-state index is 12.6. The van der Waals surface area contributed by atoms with E-state index < -0.39 is 11.7 Å². The van der Waals surface area contributed by atoms with Gasteiger partial charge in [0.2, 0.25) is 5.91 Å². The average molecular weight is 356 g/mol. The highest BCUT2D eigenvalue weighted by molar-refractivity contribution is 5.94. The van der Waals surface area contributed by atoms with Gasteiger partial charge in [0.05, 0.1) is 5.56 Å². The maximum atomic E-state index is 12.6. The van der Waals surface area contributed by atoms with Gasteiger partial charge in [0.1, 0.15) is 0 Å². The highest BCUT2D eigenvalue weighted by Crippen LogP contribution is 2.29. The molecule has 0 aliphatic carbocycles. The highest BCUT2D eigenvalue weighted by atomic mass is 19.4. The molecule has 0 N–H and O–H groups in total. The third-order valence-electron chi connectivity index (χ3n) is 4.67. The van der Waals surface area contributed by atoms with Gasteiger partial charge in [0, 0.05) is 37.7 Å². The van der Waals surface area contributed by atoms with Gasteiger partial charge < -0.3 is 9.80 Å². The molecule has 0 aromatic heterocycles. The second kappa shape index (κ2) is 7.89. The molecule has 4 nitrogen and oxygen atoms in total. The standard InChI is InChI=1S/C18H23F3N2O2/c1-3-13(4-2)16(24)22-9-11-23(12-10-22)17(25)14-5-7-15(8-6-14)18(19,20)21/h5-8,13H,3-4,9-12H2,1-2H3. The Morgan fingerprint density at radius 3 is 1.88 bits per heavy atom. The van der Waals surface area contributed by atoms with Crippen molar-refractivity contribution in [2.75, 3.05) is 26.2 Å². The Morgan fingerprint density at radius 2 is 1.44 bits per heavy atom. The monoisotopic (exact) mass is 356 g/mol. The minimum atomic E-state index is -4.41. The summed E-state index contributed by atoms with van der Waals surface area (Å²) in [5.41, 5.74) is -0.544. The third-order valence-corrected chi connectivity index (χ3v) is 4.67. The zero-order valence-electron chi connectivity index (χ0n) is 14.5. The van der Waals surface area contributed by atoms with E-state index in [4.69, 9.17) is 0 Å². The van der Waals surface area contributed by atoms with Crippen LogP contribution in [0.5, 0.6) is 0 Å². The first kappa shape index (κ1) is 19.3. The molecule has 2 rings (SSSR count). The van der Waals surface area contributed by atoms with Gasteiger partial charge in [-0.1, -0.05) is 13.8 Å². The van der Waals surface area contributed by atoms with E-state index in [1.165, 1.54) is 12.1 Å². The van der Waals surface area contributed by atoms with Crippen molar-refractivity contribution in [3.63, 3.8) is 0 Å². The predicted octanol–water partition coefficient (Wildman–Crippen LogP) is 3.43. The minimum absolute atomic E-state index is 0.0113. The first-order chi connectivity index (χ1) is 11.8. The Bertz CT molecular complexity index is 602. The molecule has 1 heterocycles. The molecular weight excluding hydrogens is 333 g/mol. The second-order valence-corrected chi connectivity index (χ2v) is 6.21. The maximum Gasteiger partial charge on any atom is 0.416 e. The van der Waals surface area contributed by atoms with E-state index in [1.54, 1.807) is 9.80 Å². The van der Waals surface area contributed by atoms with Crippen LogP contribution in [0.3, 0.4) is 0 Å². The van der Waals surface area contributed by atoms with E-state index in [1.807, 2.05) is 13.8 Å². The molecule has 0 atom stereocenters. The van der Waals surface area contributed by atoms with E-state index in [0.29, 0.717) is 26.2 Å². The lowest BCUT2D eigenvalue weighted by Gasteiger charge is -2.36. The summed E-state index contributed by atoms with van der Waals surface area (Å²) in [4.78, 5) is 28.1. The van der Waals surface area contributed by atoms with Gasteiger partial charge in [0.15, 0.2) is 0 Å². The molecule has 1 aromatic rings. The Kier molecular flexibility index (Phi) is 6.08. The van der Waals surface area contributed by atoms with Crippen LogP contribution in [0.1, 0.15) is 42.6 Å². The summed E-state index contributed by atoms with van der Waals surface area (Å²) >= 11 is 0. The van der Waals surface area contributed by atoms with Gasteiger partial charge in [-0.2, -0.15) is 13.2 Å². The van der Waals surface area contributed by atoms with Gasteiger partial charge in [-0.25, -0.2) is 0 Å². The van der Waals surface area contributed by atoms with E-state index in [2.05, 4.69) is 0 Å². The number of carbonyl (C=O) groups is 2. The molecule has 7 heteroatoms. The lowest BCUT2D eigenvalue weighted by atomic mass is 10.0. The third kappa shape index (κ3) is 4.52. The van der Waals surface area contributed by atoms with Crippen molar-refractivity contribution in [1.29, 1.82) is 0 Å².